The van der Waals surface area contributed by atoms with Crippen molar-refractivity contribution >= 4 is 20.3 Å². The van der Waals surface area contributed by atoms with Crippen LogP contribution in [0.2, 0.25) is 0 Å². The fourth-order valence-corrected chi connectivity index (χ4v) is 2.91. The molecule has 168 valence electrons. The number of amides is 1. The lowest BCUT2D eigenvalue weighted by atomic mass is 10.1. The zero-order chi connectivity index (χ0) is 22.4. The number of nitrogens with one attached hydrogen (secondary N) is 1. The summed E-state index contributed by atoms with van der Waals surface area (Å²) >= 11 is 0. The van der Waals surface area contributed by atoms with Crippen molar-refractivity contribution < 1.29 is 32.7 Å². The summed E-state index contributed by atoms with van der Waals surface area (Å²) in [6.45, 7) is 7.81. The Hall–Kier alpha value is -2.02. The Morgan fingerprint density at radius 1 is 1.07 bits per heavy atom. The van der Waals surface area contributed by atoms with E-state index in [4.69, 9.17) is 18.5 Å². The van der Waals surface area contributed by atoms with Crippen LogP contribution < -0.4 is 5.32 Å². The second kappa shape index (κ2) is 14.1. The van der Waals surface area contributed by atoms with Crippen LogP contribution in [-0.4, -0.2) is 36.9 Å². The summed E-state index contributed by atoms with van der Waals surface area (Å²) in [6.07, 6.45) is 1.65. The van der Waals surface area contributed by atoms with Gasteiger partial charge in [0, 0.05) is 4.57 Å². The third kappa shape index (κ3) is 12.5. The highest BCUT2D eigenvalue weighted by molar-refractivity contribution is 7.33. The lowest BCUT2D eigenvalue weighted by Crippen LogP contribution is -2.44. The summed E-state index contributed by atoms with van der Waals surface area (Å²) in [6, 6.07) is 8.33. The Kier molecular flexibility index (Phi) is 12.2. The van der Waals surface area contributed by atoms with Gasteiger partial charge in [-0.3, -0.25) is 0 Å². The van der Waals surface area contributed by atoms with E-state index in [1.165, 1.54) is 0 Å². The first-order valence-electron chi connectivity index (χ1n) is 10.1. The van der Waals surface area contributed by atoms with Crippen molar-refractivity contribution in [2.75, 3.05) is 13.2 Å². The molecule has 0 heterocycles. The van der Waals surface area contributed by atoms with E-state index in [0.29, 0.717) is 13.0 Å². The third-order valence-corrected chi connectivity index (χ3v) is 4.51. The first-order valence-corrected chi connectivity index (χ1v) is 11.2. The van der Waals surface area contributed by atoms with Crippen molar-refractivity contribution in [2.24, 2.45) is 0 Å². The quantitative estimate of drug-likeness (QED) is 0.264. The predicted octanol–water partition coefficient (Wildman–Crippen LogP) is 4.89. The monoisotopic (exact) mass is 442 g/mol. The van der Waals surface area contributed by atoms with Crippen LogP contribution in [0.4, 0.5) is 4.79 Å². The maximum Gasteiger partial charge on any atom is 0.697 e. The normalized spacial score (nSPS) is 12.7. The number of hydrogen-bond donors (Lipinski definition) is 1. The van der Waals surface area contributed by atoms with Gasteiger partial charge in [-0.2, -0.15) is 0 Å². The highest BCUT2D eigenvalue weighted by atomic mass is 31.1. The van der Waals surface area contributed by atoms with Gasteiger partial charge < -0.3 is 14.8 Å². The van der Waals surface area contributed by atoms with Crippen LogP contribution in [0.25, 0.3) is 0 Å². The fourth-order valence-electron chi connectivity index (χ4n) is 2.28. The van der Waals surface area contributed by atoms with Crippen LogP contribution in [0.3, 0.4) is 0 Å². The van der Waals surface area contributed by atoms with Gasteiger partial charge in [0.1, 0.15) is 31.5 Å². The minimum Gasteiger partial charge on any atom is -0.459 e. The van der Waals surface area contributed by atoms with Crippen LogP contribution in [0.15, 0.2) is 30.3 Å². The maximum absolute atomic E-state index is 12.5. The van der Waals surface area contributed by atoms with Gasteiger partial charge in [0.2, 0.25) is 0 Å². The fraction of sp³-hybridized carbons (Fsp3) is 0.619. The number of carbonyl (C=O) groups is 2. The second-order valence-corrected chi connectivity index (χ2v) is 8.64. The first kappa shape index (κ1) is 26.0. The molecule has 1 amide bonds. The maximum atomic E-state index is 12.5. The van der Waals surface area contributed by atoms with E-state index >= 15 is 0 Å². The van der Waals surface area contributed by atoms with Crippen molar-refractivity contribution in [2.45, 2.75) is 71.6 Å². The van der Waals surface area contributed by atoms with E-state index in [-0.39, 0.29) is 19.6 Å². The van der Waals surface area contributed by atoms with E-state index in [1.807, 2.05) is 37.3 Å². The van der Waals surface area contributed by atoms with E-state index in [1.54, 1.807) is 20.8 Å². The van der Waals surface area contributed by atoms with E-state index in [9.17, 15) is 14.2 Å². The molecule has 0 saturated carbocycles. The van der Waals surface area contributed by atoms with Gasteiger partial charge in [-0.1, -0.05) is 43.7 Å². The molecule has 1 rings (SSSR count). The number of alkyl carbamates (subject to hydrolysis) is 1. The molecule has 1 aromatic rings. The van der Waals surface area contributed by atoms with Gasteiger partial charge in [-0.15, -0.1) is 9.05 Å². The molecule has 0 bridgehead atoms. The largest absolute Gasteiger partial charge is 0.697 e. The summed E-state index contributed by atoms with van der Waals surface area (Å²) in [5, 5.41) is 2.54. The Balaban J connectivity index is 2.53. The van der Waals surface area contributed by atoms with Gasteiger partial charge in [0.05, 0.1) is 0 Å². The summed E-state index contributed by atoms with van der Waals surface area (Å²) in [5.41, 5.74) is 0.145. The molecule has 1 N–H and O–H groups in total. The molecule has 0 aliphatic carbocycles. The Morgan fingerprint density at radius 3 is 2.30 bits per heavy atom. The Morgan fingerprint density at radius 2 is 1.70 bits per heavy atom. The highest BCUT2D eigenvalue weighted by Gasteiger charge is 2.26. The molecule has 0 radical (unpaired) electrons. The molecule has 1 unspecified atom stereocenters. The van der Waals surface area contributed by atoms with Gasteiger partial charge in [-0.25, -0.2) is 9.59 Å². The number of rotatable bonds is 13. The molecule has 8 nitrogen and oxygen atoms in total. The number of hydrogen-bond acceptors (Lipinski definition) is 7. The molecule has 30 heavy (non-hydrogen) atoms. The minimum atomic E-state index is -2.19. The molecule has 1 aromatic carbocycles. The van der Waals surface area contributed by atoms with Crippen molar-refractivity contribution in [3.8, 4) is 0 Å². The number of carbonyl (C=O) groups excluding carboxylic acids is 2. The molecule has 0 aromatic heterocycles. The highest BCUT2D eigenvalue weighted by Crippen LogP contribution is 2.24. The van der Waals surface area contributed by atoms with Crippen LogP contribution >= 0.6 is 8.25 Å². The zero-order valence-corrected chi connectivity index (χ0v) is 19.1. The lowest BCUT2D eigenvalue weighted by Gasteiger charge is -2.22. The standard InChI is InChI=1S/C21H32NO7P/c1-5-6-14-27-30(25)28-15-10-13-18(22-20(24)29-21(2,3)4)19(23)26-16-17-11-8-7-9-12-17/h7-9,11-12,18H,5-6,10,13-16H2,1-4H3/p+1/t18-/m1/s1. The van der Waals surface area contributed by atoms with Crippen LogP contribution in [0.1, 0.15) is 58.9 Å². The van der Waals surface area contributed by atoms with Gasteiger partial charge in [-0.05, 0) is 45.6 Å². The Labute approximate surface area is 179 Å². The molecule has 0 saturated heterocycles. The summed E-state index contributed by atoms with van der Waals surface area (Å²) < 4.78 is 32.3. The molecular formula is C21H33NO7P+. The van der Waals surface area contributed by atoms with Crippen molar-refractivity contribution in [3.63, 3.8) is 0 Å². The molecular weight excluding hydrogens is 409 g/mol. The topological polar surface area (TPSA) is 100 Å². The van der Waals surface area contributed by atoms with E-state index < -0.39 is 32.0 Å². The summed E-state index contributed by atoms with van der Waals surface area (Å²) in [7, 11) is -2.19. The first-order chi connectivity index (χ1) is 14.2. The summed E-state index contributed by atoms with van der Waals surface area (Å²) in [4.78, 5) is 24.6. The summed E-state index contributed by atoms with van der Waals surface area (Å²) in [5.74, 6) is -0.576. The van der Waals surface area contributed by atoms with E-state index in [0.717, 1.165) is 18.4 Å². The molecule has 9 heteroatoms. The van der Waals surface area contributed by atoms with E-state index in [2.05, 4.69) is 5.32 Å². The molecule has 0 spiro atoms. The van der Waals surface area contributed by atoms with Gasteiger partial charge >= 0.3 is 20.3 Å². The van der Waals surface area contributed by atoms with Crippen LogP contribution in [0.5, 0.6) is 0 Å². The average Bonchev–Trinajstić information content (AvgIpc) is 2.68. The number of benzene rings is 1. The minimum absolute atomic E-state index is 0.0970. The van der Waals surface area contributed by atoms with Gasteiger partial charge in [0.15, 0.2) is 0 Å². The number of esters is 1. The number of ether oxygens (including phenoxy) is 2. The lowest BCUT2D eigenvalue weighted by molar-refractivity contribution is -0.147. The SMILES string of the molecule is CCCCO[P+](=O)OCCC[C@@H](NC(=O)OC(C)(C)C)C(=O)OCc1ccccc1. The second-order valence-electron chi connectivity index (χ2n) is 7.68. The smallest absolute Gasteiger partial charge is 0.459 e. The number of unbranched alkanes of at least 4 members (excludes halogenated alkanes) is 1. The average molecular weight is 442 g/mol. The Bertz CT molecular complexity index is 661. The van der Waals surface area contributed by atoms with Crippen LogP contribution in [-0.2, 0) is 34.5 Å². The van der Waals surface area contributed by atoms with Crippen molar-refractivity contribution in [1.29, 1.82) is 0 Å². The van der Waals surface area contributed by atoms with Gasteiger partial charge in [0.25, 0.3) is 0 Å². The zero-order valence-electron chi connectivity index (χ0n) is 18.2. The molecule has 0 aliphatic heterocycles. The predicted molar refractivity (Wildman–Crippen MR) is 113 cm³/mol. The third-order valence-electron chi connectivity index (χ3n) is 3.73. The molecule has 0 aliphatic rings. The van der Waals surface area contributed by atoms with Crippen molar-refractivity contribution in [3.05, 3.63) is 35.9 Å². The van der Waals surface area contributed by atoms with Crippen LogP contribution in [0, 0.1) is 0 Å². The molecule has 0 fully saturated rings. The molecule has 2 atom stereocenters. The van der Waals surface area contributed by atoms with Crippen molar-refractivity contribution in [1.82, 2.24) is 5.32 Å².